The quantitative estimate of drug-likeness (QED) is 0.652. The van der Waals surface area contributed by atoms with Crippen molar-refractivity contribution in [2.75, 3.05) is 26.0 Å². The first-order valence-electron chi connectivity index (χ1n) is 9.89. The molecule has 1 aliphatic heterocycles. The number of nitrogens with zero attached hydrogens (tertiary/aromatic N) is 3. The Morgan fingerprint density at radius 1 is 1.23 bits per heavy atom. The van der Waals surface area contributed by atoms with E-state index in [-0.39, 0.29) is 18.1 Å². The summed E-state index contributed by atoms with van der Waals surface area (Å²) in [7, 11) is 3.59. The number of amides is 2. The maximum atomic E-state index is 12.4. The van der Waals surface area contributed by atoms with Gasteiger partial charge >= 0.3 is 6.03 Å². The number of carbonyl (C=O) groups is 1. The summed E-state index contributed by atoms with van der Waals surface area (Å²) in [5, 5.41) is 9.99. The maximum Gasteiger partial charge on any atom is 0.319 e. The molecule has 2 unspecified atom stereocenters. The molecule has 0 aliphatic carbocycles. The zero-order valence-electron chi connectivity index (χ0n) is 17.0. The molecule has 8 heteroatoms. The number of anilines is 1. The monoisotopic (exact) mass is 407 g/mol. The molecule has 1 saturated heterocycles. The molecule has 3 aromatic rings. The molecule has 2 amide bonds. The van der Waals surface area contributed by atoms with Crippen molar-refractivity contribution in [2.24, 2.45) is 0 Å². The van der Waals surface area contributed by atoms with E-state index in [4.69, 9.17) is 9.26 Å². The Hall–Kier alpha value is -3.39. The number of likely N-dealkylation sites (N-methyl/N-ethyl adjacent to an activating group) is 1. The lowest BCUT2D eigenvalue weighted by Crippen LogP contribution is -2.39. The molecule has 8 nitrogen and oxygen atoms in total. The number of carbonyl (C=O) groups excluding carboxylic acids is 1. The minimum atomic E-state index is -0.252. The topological polar surface area (TPSA) is 92.5 Å². The van der Waals surface area contributed by atoms with Crippen molar-refractivity contribution < 1.29 is 14.1 Å². The van der Waals surface area contributed by atoms with E-state index in [9.17, 15) is 4.79 Å². The molecule has 1 fully saturated rings. The number of likely N-dealkylation sites (tertiary alicyclic amines) is 1. The van der Waals surface area contributed by atoms with Crippen LogP contribution >= 0.6 is 0 Å². The van der Waals surface area contributed by atoms with Crippen molar-refractivity contribution in [2.45, 2.75) is 24.9 Å². The molecule has 2 atom stereocenters. The number of methoxy groups -OCH3 is 1. The lowest BCUT2D eigenvalue weighted by Gasteiger charge is -2.14. The lowest BCUT2D eigenvalue weighted by molar-refractivity contribution is 0.243. The molecule has 0 saturated carbocycles. The van der Waals surface area contributed by atoms with E-state index in [0.717, 1.165) is 5.56 Å². The van der Waals surface area contributed by atoms with Gasteiger partial charge in [-0.2, -0.15) is 4.98 Å². The number of aromatic nitrogens is 2. The Kier molecular flexibility index (Phi) is 5.94. The van der Waals surface area contributed by atoms with E-state index in [1.807, 2.05) is 55.6 Å². The van der Waals surface area contributed by atoms with Gasteiger partial charge in [-0.25, -0.2) is 4.79 Å². The van der Waals surface area contributed by atoms with Crippen LogP contribution in [0.5, 0.6) is 5.75 Å². The Labute approximate surface area is 175 Å². The van der Waals surface area contributed by atoms with Crippen LogP contribution in [0.3, 0.4) is 0 Å². The van der Waals surface area contributed by atoms with E-state index in [0.29, 0.717) is 42.5 Å². The van der Waals surface area contributed by atoms with Crippen LogP contribution in [-0.2, 0) is 6.42 Å². The van der Waals surface area contributed by atoms with Gasteiger partial charge in [0.25, 0.3) is 0 Å². The van der Waals surface area contributed by atoms with E-state index < -0.39 is 0 Å². The average molecular weight is 407 g/mol. The van der Waals surface area contributed by atoms with E-state index in [2.05, 4.69) is 25.7 Å². The first-order valence-corrected chi connectivity index (χ1v) is 9.89. The fourth-order valence-electron chi connectivity index (χ4n) is 3.70. The van der Waals surface area contributed by atoms with Gasteiger partial charge in [-0.3, -0.25) is 4.90 Å². The molecule has 156 valence electrons. The Morgan fingerprint density at radius 3 is 2.87 bits per heavy atom. The van der Waals surface area contributed by atoms with Crippen LogP contribution in [0.4, 0.5) is 10.5 Å². The average Bonchev–Trinajstić information content (AvgIpc) is 3.34. The zero-order chi connectivity index (χ0) is 20.9. The summed E-state index contributed by atoms with van der Waals surface area (Å²) in [5.74, 6) is 1.94. The second kappa shape index (κ2) is 8.96. The van der Waals surface area contributed by atoms with Crippen LogP contribution < -0.4 is 15.4 Å². The Bertz CT molecular complexity index is 991. The fraction of sp³-hybridized carbons (Fsp3) is 0.318. The van der Waals surface area contributed by atoms with Gasteiger partial charge in [0.2, 0.25) is 5.89 Å². The molecular weight excluding hydrogens is 382 g/mol. The molecule has 0 radical (unpaired) electrons. The zero-order valence-corrected chi connectivity index (χ0v) is 17.0. The second-order valence-corrected chi connectivity index (χ2v) is 7.43. The molecule has 30 heavy (non-hydrogen) atoms. The number of ether oxygens (including phenoxy) is 1. The summed E-state index contributed by atoms with van der Waals surface area (Å²) in [6.07, 6.45) is 1.33. The van der Waals surface area contributed by atoms with Crippen molar-refractivity contribution in [1.29, 1.82) is 0 Å². The molecule has 2 heterocycles. The molecule has 4 rings (SSSR count). The highest BCUT2D eigenvalue weighted by molar-refractivity contribution is 5.89. The van der Waals surface area contributed by atoms with Crippen molar-refractivity contribution in [3.63, 3.8) is 0 Å². The maximum absolute atomic E-state index is 12.4. The van der Waals surface area contributed by atoms with Gasteiger partial charge in [0.1, 0.15) is 5.75 Å². The van der Waals surface area contributed by atoms with E-state index >= 15 is 0 Å². The summed E-state index contributed by atoms with van der Waals surface area (Å²) in [4.78, 5) is 19.1. The Balaban J connectivity index is 1.33. The normalized spacial score (nSPS) is 18.9. The van der Waals surface area contributed by atoms with Crippen LogP contribution in [0.2, 0.25) is 0 Å². The smallest absolute Gasteiger partial charge is 0.319 e. The van der Waals surface area contributed by atoms with E-state index in [1.165, 1.54) is 0 Å². The number of benzene rings is 2. The number of rotatable bonds is 6. The highest BCUT2D eigenvalue weighted by Crippen LogP contribution is 2.30. The predicted octanol–water partition coefficient (Wildman–Crippen LogP) is 3.24. The standard InChI is InChI=1S/C22H25N5O3/c1-27-14-17(24-22(28)23-16-9-6-10-18(12-16)29-2)13-19(27)21-25-20(26-30-21)11-15-7-4-3-5-8-15/h3-10,12,17,19H,11,13-14H2,1-2H3,(H2,23,24,28). The van der Waals surface area contributed by atoms with Crippen molar-refractivity contribution in [3.8, 4) is 5.75 Å². The predicted molar refractivity (Wildman–Crippen MR) is 112 cm³/mol. The second-order valence-electron chi connectivity index (χ2n) is 7.43. The Morgan fingerprint density at radius 2 is 2.07 bits per heavy atom. The minimum Gasteiger partial charge on any atom is -0.497 e. The van der Waals surface area contributed by atoms with Crippen LogP contribution in [0, 0.1) is 0 Å². The lowest BCUT2D eigenvalue weighted by atomic mass is 10.1. The summed E-state index contributed by atoms with van der Waals surface area (Å²) in [5.41, 5.74) is 1.82. The highest BCUT2D eigenvalue weighted by Gasteiger charge is 2.35. The van der Waals surface area contributed by atoms with Crippen LogP contribution in [0.15, 0.2) is 59.1 Å². The van der Waals surface area contributed by atoms with Gasteiger partial charge in [0.15, 0.2) is 5.82 Å². The summed E-state index contributed by atoms with van der Waals surface area (Å²) in [6, 6.07) is 17.0. The molecule has 0 bridgehead atoms. The third-order valence-corrected chi connectivity index (χ3v) is 5.18. The number of urea groups is 1. The summed E-state index contributed by atoms with van der Waals surface area (Å²) >= 11 is 0. The van der Waals surface area contributed by atoms with E-state index in [1.54, 1.807) is 13.2 Å². The third-order valence-electron chi connectivity index (χ3n) is 5.18. The molecule has 2 N–H and O–H groups in total. The third kappa shape index (κ3) is 4.77. The summed E-state index contributed by atoms with van der Waals surface area (Å²) < 4.78 is 10.7. The number of nitrogens with one attached hydrogen (secondary N) is 2. The fourth-order valence-corrected chi connectivity index (χ4v) is 3.70. The molecular formula is C22H25N5O3. The number of hydrogen-bond acceptors (Lipinski definition) is 6. The van der Waals surface area contributed by atoms with Gasteiger partial charge in [-0.15, -0.1) is 0 Å². The summed E-state index contributed by atoms with van der Waals surface area (Å²) in [6.45, 7) is 0.701. The van der Waals surface area contributed by atoms with Crippen molar-refractivity contribution in [1.82, 2.24) is 20.4 Å². The molecule has 1 aliphatic rings. The van der Waals surface area contributed by atoms with Gasteiger partial charge < -0.3 is 19.9 Å². The molecule has 1 aromatic heterocycles. The van der Waals surface area contributed by atoms with Crippen molar-refractivity contribution >= 4 is 11.7 Å². The van der Waals surface area contributed by atoms with Crippen molar-refractivity contribution in [3.05, 3.63) is 71.9 Å². The first-order chi connectivity index (χ1) is 14.6. The molecule has 0 spiro atoms. The van der Waals surface area contributed by atoms with Crippen LogP contribution in [0.25, 0.3) is 0 Å². The van der Waals surface area contributed by atoms with Gasteiger partial charge in [-0.1, -0.05) is 41.6 Å². The van der Waals surface area contributed by atoms with Gasteiger partial charge in [0, 0.05) is 30.8 Å². The SMILES string of the molecule is COc1cccc(NC(=O)NC2CC(c3nc(Cc4ccccc4)no3)N(C)C2)c1. The largest absolute Gasteiger partial charge is 0.497 e. The van der Waals surface area contributed by atoms with Gasteiger partial charge in [0.05, 0.1) is 13.2 Å². The van der Waals surface area contributed by atoms with Crippen LogP contribution in [0.1, 0.15) is 29.7 Å². The van der Waals surface area contributed by atoms with Gasteiger partial charge in [-0.05, 0) is 31.2 Å². The highest BCUT2D eigenvalue weighted by atomic mass is 16.5. The molecule has 2 aromatic carbocycles. The minimum absolute atomic E-state index is 0.0184. The van der Waals surface area contributed by atoms with Crippen LogP contribution in [-0.4, -0.2) is 47.8 Å². The number of hydrogen-bond donors (Lipinski definition) is 2. The first kappa shape index (κ1) is 19.9.